The Morgan fingerprint density at radius 2 is 1.39 bits per heavy atom. The SMILES string of the molecule is CC1CCN(CC2CCN(C)CC2)CC1.CCC. The molecule has 2 fully saturated rings. The highest BCUT2D eigenvalue weighted by Gasteiger charge is 2.21. The van der Waals surface area contributed by atoms with Gasteiger partial charge in [0.15, 0.2) is 0 Å². The van der Waals surface area contributed by atoms with Crippen LogP contribution in [0.15, 0.2) is 0 Å². The van der Waals surface area contributed by atoms with Gasteiger partial charge in [0.2, 0.25) is 0 Å². The third kappa shape index (κ3) is 6.19. The summed E-state index contributed by atoms with van der Waals surface area (Å²) in [5, 5.41) is 0. The van der Waals surface area contributed by atoms with Gasteiger partial charge in [-0.05, 0) is 70.7 Å². The quantitative estimate of drug-likeness (QED) is 0.744. The summed E-state index contributed by atoms with van der Waals surface area (Å²) in [6.45, 7) is 13.4. The highest BCUT2D eigenvalue weighted by Crippen LogP contribution is 2.21. The topological polar surface area (TPSA) is 6.48 Å². The maximum absolute atomic E-state index is 2.70. The van der Waals surface area contributed by atoms with Crippen LogP contribution < -0.4 is 0 Å². The van der Waals surface area contributed by atoms with Gasteiger partial charge in [-0.3, -0.25) is 0 Å². The summed E-state index contributed by atoms with van der Waals surface area (Å²) in [6.07, 6.45) is 6.93. The first-order valence-corrected chi connectivity index (χ1v) is 8.06. The molecule has 2 heterocycles. The fourth-order valence-electron chi connectivity index (χ4n) is 2.85. The predicted octanol–water partition coefficient (Wildman–Crippen LogP) is 3.48. The van der Waals surface area contributed by atoms with E-state index < -0.39 is 0 Å². The molecule has 0 aromatic heterocycles. The number of rotatable bonds is 2. The van der Waals surface area contributed by atoms with E-state index in [2.05, 4.69) is 37.6 Å². The van der Waals surface area contributed by atoms with Crippen molar-refractivity contribution in [1.82, 2.24) is 9.80 Å². The summed E-state index contributed by atoms with van der Waals surface area (Å²) >= 11 is 0. The molecular formula is C16H34N2. The van der Waals surface area contributed by atoms with Crippen LogP contribution in [0.4, 0.5) is 0 Å². The molecule has 0 atom stereocenters. The highest BCUT2D eigenvalue weighted by molar-refractivity contribution is 4.76. The molecule has 0 aliphatic carbocycles. The van der Waals surface area contributed by atoms with Gasteiger partial charge < -0.3 is 9.80 Å². The third-order valence-electron chi connectivity index (χ3n) is 4.23. The summed E-state index contributed by atoms with van der Waals surface area (Å²) in [7, 11) is 2.25. The molecule has 0 saturated carbocycles. The average Bonchev–Trinajstić information content (AvgIpc) is 2.36. The van der Waals surface area contributed by atoms with Gasteiger partial charge in [0.25, 0.3) is 0 Å². The maximum Gasteiger partial charge on any atom is 0.00106 e. The number of hydrogen-bond donors (Lipinski definition) is 0. The minimum absolute atomic E-state index is 0.971. The van der Waals surface area contributed by atoms with Crippen LogP contribution in [0.1, 0.15) is 52.9 Å². The molecule has 0 unspecified atom stereocenters. The van der Waals surface area contributed by atoms with Gasteiger partial charge in [-0.25, -0.2) is 0 Å². The lowest BCUT2D eigenvalue weighted by molar-refractivity contribution is 0.130. The van der Waals surface area contributed by atoms with E-state index >= 15 is 0 Å². The smallest absolute Gasteiger partial charge is 0.00106 e. The van der Waals surface area contributed by atoms with Crippen molar-refractivity contribution in [3.05, 3.63) is 0 Å². The van der Waals surface area contributed by atoms with Crippen molar-refractivity contribution < 1.29 is 0 Å². The third-order valence-corrected chi connectivity index (χ3v) is 4.23. The lowest BCUT2D eigenvalue weighted by Gasteiger charge is -2.36. The summed E-state index contributed by atoms with van der Waals surface area (Å²) in [5.74, 6) is 1.95. The molecule has 2 heteroatoms. The van der Waals surface area contributed by atoms with Crippen molar-refractivity contribution in [2.75, 3.05) is 39.8 Å². The Balaban J connectivity index is 0.000000492. The molecule has 0 amide bonds. The van der Waals surface area contributed by atoms with Gasteiger partial charge >= 0.3 is 0 Å². The van der Waals surface area contributed by atoms with E-state index in [0.717, 1.165) is 11.8 Å². The Bertz CT molecular complexity index is 169. The molecule has 2 aliphatic rings. The van der Waals surface area contributed by atoms with E-state index in [1.54, 1.807) is 0 Å². The monoisotopic (exact) mass is 254 g/mol. The zero-order valence-electron chi connectivity index (χ0n) is 13.1. The molecule has 0 aromatic carbocycles. The van der Waals surface area contributed by atoms with E-state index in [-0.39, 0.29) is 0 Å². The van der Waals surface area contributed by atoms with Crippen LogP contribution in [0.3, 0.4) is 0 Å². The lowest BCUT2D eigenvalue weighted by atomic mass is 9.94. The van der Waals surface area contributed by atoms with Gasteiger partial charge in [0.1, 0.15) is 0 Å². The molecule has 18 heavy (non-hydrogen) atoms. The van der Waals surface area contributed by atoms with Gasteiger partial charge in [0.05, 0.1) is 0 Å². The fraction of sp³-hybridized carbons (Fsp3) is 1.00. The van der Waals surface area contributed by atoms with Crippen molar-refractivity contribution in [1.29, 1.82) is 0 Å². The van der Waals surface area contributed by atoms with E-state index in [1.807, 2.05) is 0 Å². The second kappa shape index (κ2) is 8.92. The van der Waals surface area contributed by atoms with Crippen LogP contribution in [0, 0.1) is 11.8 Å². The minimum Gasteiger partial charge on any atom is -0.306 e. The molecule has 0 aromatic rings. The Morgan fingerprint density at radius 3 is 1.89 bits per heavy atom. The Hall–Kier alpha value is -0.0800. The normalized spacial score (nSPS) is 24.7. The van der Waals surface area contributed by atoms with Gasteiger partial charge in [0, 0.05) is 6.54 Å². The van der Waals surface area contributed by atoms with E-state index in [9.17, 15) is 0 Å². The molecule has 2 aliphatic heterocycles. The first-order valence-electron chi connectivity index (χ1n) is 8.06. The molecule has 0 bridgehead atoms. The Kier molecular flexibility index (Phi) is 7.92. The second-order valence-corrected chi connectivity index (χ2v) is 6.44. The van der Waals surface area contributed by atoms with Crippen molar-refractivity contribution in [3.8, 4) is 0 Å². The Labute approximate surface area is 115 Å². The van der Waals surface area contributed by atoms with Crippen molar-refractivity contribution >= 4 is 0 Å². The van der Waals surface area contributed by atoms with Crippen LogP contribution >= 0.6 is 0 Å². The highest BCUT2D eigenvalue weighted by atomic mass is 15.1. The first kappa shape index (κ1) is 16.0. The summed E-state index contributed by atoms with van der Waals surface area (Å²) in [6, 6.07) is 0. The average molecular weight is 254 g/mol. The molecule has 108 valence electrons. The van der Waals surface area contributed by atoms with E-state index in [0.29, 0.717) is 0 Å². The second-order valence-electron chi connectivity index (χ2n) is 6.44. The predicted molar refractivity (Wildman–Crippen MR) is 81.0 cm³/mol. The van der Waals surface area contributed by atoms with Crippen molar-refractivity contribution in [3.63, 3.8) is 0 Å². The number of hydrogen-bond acceptors (Lipinski definition) is 2. The number of piperidine rings is 2. The fourth-order valence-corrected chi connectivity index (χ4v) is 2.85. The summed E-state index contributed by atoms with van der Waals surface area (Å²) in [4.78, 5) is 5.17. The zero-order valence-corrected chi connectivity index (χ0v) is 13.1. The van der Waals surface area contributed by atoms with Crippen LogP contribution in [-0.4, -0.2) is 49.6 Å². The molecule has 2 nitrogen and oxygen atoms in total. The summed E-state index contributed by atoms with van der Waals surface area (Å²) in [5.41, 5.74) is 0. The van der Waals surface area contributed by atoms with Crippen LogP contribution in [0.25, 0.3) is 0 Å². The zero-order chi connectivity index (χ0) is 13.4. The van der Waals surface area contributed by atoms with Crippen molar-refractivity contribution in [2.24, 2.45) is 11.8 Å². The first-order chi connectivity index (χ1) is 8.65. The molecule has 0 radical (unpaired) electrons. The molecule has 0 spiro atoms. The van der Waals surface area contributed by atoms with E-state index in [4.69, 9.17) is 0 Å². The molecule has 2 saturated heterocycles. The maximum atomic E-state index is 2.70. The van der Waals surface area contributed by atoms with Crippen LogP contribution in [0.2, 0.25) is 0 Å². The van der Waals surface area contributed by atoms with Crippen LogP contribution in [-0.2, 0) is 0 Å². The van der Waals surface area contributed by atoms with E-state index in [1.165, 1.54) is 64.8 Å². The molecular weight excluding hydrogens is 220 g/mol. The standard InChI is InChI=1S/C13H26N2.C3H8/c1-12-3-9-15(10-4-12)11-13-5-7-14(2)8-6-13;1-3-2/h12-13H,3-11H2,1-2H3;3H2,1-2H3. The van der Waals surface area contributed by atoms with Crippen LogP contribution in [0.5, 0.6) is 0 Å². The molecule has 2 rings (SSSR count). The number of nitrogens with zero attached hydrogens (tertiary/aromatic N) is 2. The Morgan fingerprint density at radius 1 is 0.889 bits per heavy atom. The van der Waals surface area contributed by atoms with Gasteiger partial charge in [-0.1, -0.05) is 27.2 Å². The lowest BCUT2D eigenvalue weighted by Crippen LogP contribution is -2.40. The molecule has 0 N–H and O–H groups in total. The number of likely N-dealkylation sites (tertiary alicyclic amines) is 2. The minimum atomic E-state index is 0.971. The largest absolute Gasteiger partial charge is 0.306 e. The van der Waals surface area contributed by atoms with Crippen molar-refractivity contribution in [2.45, 2.75) is 52.9 Å². The summed E-state index contributed by atoms with van der Waals surface area (Å²) < 4.78 is 0. The van der Waals surface area contributed by atoms with Gasteiger partial charge in [-0.15, -0.1) is 0 Å². The van der Waals surface area contributed by atoms with Gasteiger partial charge in [-0.2, -0.15) is 0 Å².